The van der Waals surface area contributed by atoms with E-state index in [1.54, 1.807) is 11.3 Å². The summed E-state index contributed by atoms with van der Waals surface area (Å²) in [4.78, 5) is 15.7. The minimum atomic E-state index is 0.0435. The van der Waals surface area contributed by atoms with Crippen molar-refractivity contribution in [3.63, 3.8) is 0 Å². The van der Waals surface area contributed by atoms with Crippen molar-refractivity contribution in [2.75, 3.05) is 13.1 Å². The van der Waals surface area contributed by atoms with E-state index in [4.69, 9.17) is 0 Å². The van der Waals surface area contributed by atoms with Crippen LogP contribution < -0.4 is 10.6 Å². The van der Waals surface area contributed by atoms with Gasteiger partial charge in [0.2, 0.25) is 5.91 Å². The fraction of sp³-hybridized carbons (Fsp3) is 0.636. The molecule has 1 amide bonds. The van der Waals surface area contributed by atoms with Gasteiger partial charge in [-0.15, -0.1) is 11.3 Å². The number of nitrogens with zero attached hydrogens (tertiary/aromatic N) is 1. The summed E-state index contributed by atoms with van der Waals surface area (Å²) in [5, 5.41) is 8.96. The molecular formula is C11H19N3OS. The molecular weight excluding hydrogens is 222 g/mol. The average Bonchev–Trinajstić information content (AvgIpc) is 2.61. The lowest BCUT2D eigenvalue weighted by Gasteiger charge is -2.07. The van der Waals surface area contributed by atoms with Crippen LogP contribution in [-0.2, 0) is 11.3 Å². The van der Waals surface area contributed by atoms with Gasteiger partial charge in [-0.05, 0) is 12.8 Å². The van der Waals surface area contributed by atoms with Crippen LogP contribution in [-0.4, -0.2) is 24.0 Å². The van der Waals surface area contributed by atoms with Crippen LogP contribution in [0.2, 0.25) is 0 Å². The van der Waals surface area contributed by atoms with Crippen molar-refractivity contribution in [3.05, 3.63) is 16.1 Å². The molecule has 0 aromatic carbocycles. The molecule has 0 aliphatic rings. The first-order chi connectivity index (χ1) is 7.58. The predicted molar refractivity (Wildman–Crippen MR) is 66.4 cm³/mol. The maximum absolute atomic E-state index is 11.4. The van der Waals surface area contributed by atoms with Crippen molar-refractivity contribution in [2.45, 2.75) is 27.3 Å². The monoisotopic (exact) mass is 241 g/mol. The molecule has 4 nitrogen and oxygen atoms in total. The third kappa shape index (κ3) is 5.23. The average molecular weight is 241 g/mol. The van der Waals surface area contributed by atoms with Crippen LogP contribution in [0.15, 0.2) is 5.38 Å². The van der Waals surface area contributed by atoms with Gasteiger partial charge in [0.05, 0.1) is 6.54 Å². The van der Waals surface area contributed by atoms with E-state index in [0.29, 0.717) is 19.0 Å². The van der Waals surface area contributed by atoms with Crippen molar-refractivity contribution in [1.82, 2.24) is 15.6 Å². The Bertz CT molecular complexity index is 336. The zero-order valence-corrected chi connectivity index (χ0v) is 10.9. The Labute approximate surface area is 100 Å². The quantitative estimate of drug-likeness (QED) is 0.789. The maximum Gasteiger partial charge on any atom is 0.233 e. The molecule has 0 radical (unpaired) electrons. The van der Waals surface area contributed by atoms with Crippen LogP contribution in [0.4, 0.5) is 0 Å². The lowest BCUT2D eigenvalue weighted by molar-refractivity contribution is -0.120. The summed E-state index contributed by atoms with van der Waals surface area (Å²) in [6.07, 6.45) is 0. The normalized spacial score (nSPS) is 10.8. The number of aryl methyl sites for hydroxylation is 1. The van der Waals surface area contributed by atoms with E-state index in [9.17, 15) is 4.79 Å². The van der Waals surface area contributed by atoms with Crippen LogP contribution in [0.1, 0.15) is 24.5 Å². The van der Waals surface area contributed by atoms with Crippen molar-refractivity contribution in [2.24, 2.45) is 5.92 Å². The first-order valence-corrected chi connectivity index (χ1v) is 6.34. The Balaban J connectivity index is 2.13. The summed E-state index contributed by atoms with van der Waals surface area (Å²) in [5.41, 5.74) is 1.03. The van der Waals surface area contributed by atoms with E-state index in [2.05, 4.69) is 29.5 Å². The van der Waals surface area contributed by atoms with E-state index in [0.717, 1.165) is 17.2 Å². The number of carbonyl (C=O) groups is 1. The minimum Gasteiger partial charge on any atom is -0.355 e. The molecule has 0 bridgehead atoms. The molecule has 90 valence electrons. The Kier molecular flexibility index (Phi) is 5.42. The number of thiazole rings is 1. The highest BCUT2D eigenvalue weighted by Gasteiger charge is 2.03. The summed E-state index contributed by atoms with van der Waals surface area (Å²) in [7, 11) is 0. The molecule has 0 aliphatic carbocycles. The Hall–Kier alpha value is -0.940. The number of aromatic nitrogens is 1. The highest BCUT2D eigenvalue weighted by molar-refractivity contribution is 7.09. The summed E-state index contributed by atoms with van der Waals surface area (Å²) in [5.74, 6) is 0.535. The molecule has 0 unspecified atom stereocenters. The van der Waals surface area contributed by atoms with E-state index in [1.165, 1.54) is 0 Å². The van der Waals surface area contributed by atoms with Crippen molar-refractivity contribution in [3.8, 4) is 0 Å². The van der Waals surface area contributed by atoms with Gasteiger partial charge in [-0.3, -0.25) is 4.79 Å². The third-order valence-corrected chi connectivity index (χ3v) is 2.90. The van der Waals surface area contributed by atoms with Gasteiger partial charge < -0.3 is 10.6 Å². The molecule has 16 heavy (non-hydrogen) atoms. The van der Waals surface area contributed by atoms with Crippen LogP contribution in [0.5, 0.6) is 0 Å². The number of hydrogen-bond donors (Lipinski definition) is 2. The van der Waals surface area contributed by atoms with Crippen LogP contribution in [0, 0.1) is 12.8 Å². The largest absolute Gasteiger partial charge is 0.355 e. The zero-order valence-electron chi connectivity index (χ0n) is 10.0. The highest BCUT2D eigenvalue weighted by Crippen LogP contribution is 2.07. The second-order valence-electron chi connectivity index (χ2n) is 4.18. The first kappa shape index (κ1) is 13.1. The number of hydrogen-bond acceptors (Lipinski definition) is 4. The summed E-state index contributed by atoms with van der Waals surface area (Å²) in [6, 6.07) is 0. The molecule has 5 heteroatoms. The van der Waals surface area contributed by atoms with Crippen molar-refractivity contribution >= 4 is 17.2 Å². The topological polar surface area (TPSA) is 54.0 Å². The molecule has 1 heterocycles. The molecule has 1 aromatic heterocycles. The van der Waals surface area contributed by atoms with Gasteiger partial charge in [0, 0.05) is 24.2 Å². The second kappa shape index (κ2) is 6.60. The Morgan fingerprint density at radius 3 is 2.88 bits per heavy atom. The minimum absolute atomic E-state index is 0.0435. The summed E-state index contributed by atoms with van der Waals surface area (Å²) < 4.78 is 0. The fourth-order valence-electron chi connectivity index (χ4n) is 1.15. The zero-order chi connectivity index (χ0) is 12.0. The van der Waals surface area contributed by atoms with E-state index >= 15 is 0 Å². The molecule has 0 saturated carbocycles. The molecule has 2 N–H and O–H groups in total. The third-order valence-electron chi connectivity index (χ3n) is 1.94. The smallest absolute Gasteiger partial charge is 0.233 e. The number of amides is 1. The van der Waals surface area contributed by atoms with Gasteiger partial charge in [0.25, 0.3) is 0 Å². The maximum atomic E-state index is 11.4. The standard InChI is InChI=1S/C11H19N3OS/c1-8(2)4-13-10(15)5-12-6-11-14-9(3)7-16-11/h7-8,12H,4-6H2,1-3H3,(H,13,15). The van der Waals surface area contributed by atoms with E-state index in [-0.39, 0.29) is 5.91 Å². The SMILES string of the molecule is Cc1csc(CNCC(=O)NCC(C)C)n1. The lowest BCUT2D eigenvalue weighted by atomic mass is 10.2. The highest BCUT2D eigenvalue weighted by atomic mass is 32.1. The molecule has 1 aromatic rings. The molecule has 0 saturated heterocycles. The molecule has 0 atom stereocenters. The predicted octanol–water partition coefficient (Wildman–Crippen LogP) is 1.31. The number of nitrogens with one attached hydrogen (secondary N) is 2. The summed E-state index contributed by atoms with van der Waals surface area (Å²) in [6.45, 7) is 7.86. The van der Waals surface area contributed by atoms with Crippen LogP contribution >= 0.6 is 11.3 Å². The van der Waals surface area contributed by atoms with Crippen LogP contribution in [0.3, 0.4) is 0 Å². The second-order valence-corrected chi connectivity index (χ2v) is 5.13. The lowest BCUT2D eigenvalue weighted by Crippen LogP contribution is -2.35. The van der Waals surface area contributed by atoms with Gasteiger partial charge >= 0.3 is 0 Å². The molecule has 0 fully saturated rings. The molecule has 0 spiro atoms. The number of carbonyl (C=O) groups excluding carboxylic acids is 1. The Morgan fingerprint density at radius 2 is 2.31 bits per heavy atom. The first-order valence-electron chi connectivity index (χ1n) is 5.46. The van der Waals surface area contributed by atoms with Gasteiger partial charge in [-0.1, -0.05) is 13.8 Å². The van der Waals surface area contributed by atoms with E-state index in [1.807, 2.05) is 12.3 Å². The van der Waals surface area contributed by atoms with E-state index < -0.39 is 0 Å². The van der Waals surface area contributed by atoms with Gasteiger partial charge in [-0.2, -0.15) is 0 Å². The van der Waals surface area contributed by atoms with Gasteiger partial charge in [0.1, 0.15) is 5.01 Å². The fourth-order valence-corrected chi connectivity index (χ4v) is 1.89. The van der Waals surface area contributed by atoms with Gasteiger partial charge in [-0.25, -0.2) is 4.98 Å². The van der Waals surface area contributed by atoms with Crippen LogP contribution in [0.25, 0.3) is 0 Å². The molecule has 0 aliphatic heterocycles. The van der Waals surface area contributed by atoms with Crippen molar-refractivity contribution < 1.29 is 4.79 Å². The van der Waals surface area contributed by atoms with Gasteiger partial charge in [0.15, 0.2) is 0 Å². The number of rotatable bonds is 6. The Morgan fingerprint density at radius 1 is 1.56 bits per heavy atom. The summed E-state index contributed by atoms with van der Waals surface area (Å²) >= 11 is 1.61. The van der Waals surface area contributed by atoms with Crippen molar-refractivity contribution in [1.29, 1.82) is 0 Å². The molecule has 1 rings (SSSR count).